The van der Waals surface area contributed by atoms with Gasteiger partial charge in [-0.05, 0) is 6.92 Å². The fraction of sp³-hybridized carbons (Fsp3) is 0.750. The van der Waals surface area contributed by atoms with Crippen LogP contribution >= 0.6 is 0 Å². The molecule has 0 radical (unpaired) electrons. The zero-order chi connectivity index (χ0) is 14.5. The smallest absolute Gasteiger partial charge is 0.291 e. The quantitative estimate of drug-likeness (QED) is 0.536. The lowest BCUT2D eigenvalue weighted by Crippen LogP contribution is -2.35. The molecular weight excluding hydrogens is 246 g/mol. The number of H-pyrrole nitrogens is 1. The van der Waals surface area contributed by atoms with Crippen molar-refractivity contribution in [1.82, 2.24) is 25.8 Å². The number of nitrogens with one attached hydrogen (secondary N) is 3. The van der Waals surface area contributed by atoms with E-state index in [0.717, 1.165) is 0 Å². The van der Waals surface area contributed by atoms with Crippen LogP contribution in [0, 0.1) is 0 Å². The highest BCUT2D eigenvalue weighted by atomic mass is 16.3. The van der Waals surface area contributed by atoms with Crippen molar-refractivity contribution in [1.29, 1.82) is 0 Å². The first kappa shape index (κ1) is 15.6. The number of aliphatic hydroxyl groups excluding tert-OH is 1. The Morgan fingerprint density at radius 3 is 2.63 bits per heavy atom. The fourth-order valence-electron chi connectivity index (χ4n) is 1.35. The zero-order valence-electron chi connectivity index (χ0n) is 11.9. The number of amides is 1. The lowest BCUT2D eigenvalue weighted by atomic mass is 9.96. The van der Waals surface area contributed by atoms with Gasteiger partial charge in [-0.25, -0.2) is 4.98 Å². The largest absolute Gasteiger partial charge is 0.392 e. The van der Waals surface area contributed by atoms with Gasteiger partial charge in [-0.3, -0.25) is 9.89 Å². The van der Waals surface area contributed by atoms with Gasteiger partial charge in [0.1, 0.15) is 5.82 Å². The Labute approximate surface area is 113 Å². The Morgan fingerprint density at radius 1 is 1.42 bits per heavy atom. The molecule has 0 saturated heterocycles. The van der Waals surface area contributed by atoms with E-state index in [1.54, 1.807) is 6.92 Å². The van der Waals surface area contributed by atoms with E-state index >= 15 is 0 Å². The van der Waals surface area contributed by atoms with Gasteiger partial charge in [-0.2, -0.15) is 0 Å². The van der Waals surface area contributed by atoms with Crippen LogP contribution in [0.5, 0.6) is 0 Å². The highest BCUT2D eigenvalue weighted by molar-refractivity contribution is 5.90. The second-order valence-electron chi connectivity index (χ2n) is 5.57. The lowest BCUT2D eigenvalue weighted by Gasteiger charge is -2.12. The predicted molar refractivity (Wildman–Crippen MR) is 72.0 cm³/mol. The third-order valence-corrected chi connectivity index (χ3v) is 2.43. The van der Waals surface area contributed by atoms with E-state index in [1.165, 1.54) is 0 Å². The maximum atomic E-state index is 11.7. The van der Waals surface area contributed by atoms with Crippen molar-refractivity contribution in [3.8, 4) is 0 Å². The van der Waals surface area contributed by atoms with Crippen LogP contribution in [0.2, 0.25) is 0 Å². The molecule has 1 amide bonds. The maximum absolute atomic E-state index is 11.7. The monoisotopic (exact) mass is 269 g/mol. The first-order chi connectivity index (χ1) is 8.80. The minimum atomic E-state index is -0.391. The SMILES string of the molecule is CC(O)CNCCNC(=O)c1n[nH]c(C(C)(C)C)n1. The molecule has 0 saturated carbocycles. The molecule has 1 aromatic heterocycles. The van der Waals surface area contributed by atoms with Gasteiger partial charge >= 0.3 is 0 Å². The van der Waals surface area contributed by atoms with Gasteiger partial charge in [0.05, 0.1) is 6.10 Å². The van der Waals surface area contributed by atoms with Crippen LogP contribution in [0.1, 0.15) is 44.1 Å². The molecule has 108 valence electrons. The molecule has 19 heavy (non-hydrogen) atoms. The Balaban J connectivity index is 2.36. The van der Waals surface area contributed by atoms with Gasteiger partial charge in [0.15, 0.2) is 0 Å². The topological polar surface area (TPSA) is 103 Å². The third kappa shape index (κ3) is 5.35. The summed E-state index contributed by atoms with van der Waals surface area (Å²) in [6.07, 6.45) is -0.391. The summed E-state index contributed by atoms with van der Waals surface area (Å²) >= 11 is 0. The van der Waals surface area contributed by atoms with Crippen LogP contribution in [-0.2, 0) is 5.41 Å². The van der Waals surface area contributed by atoms with Crippen LogP contribution in [0.4, 0.5) is 0 Å². The van der Waals surface area contributed by atoms with Crippen molar-refractivity contribution in [2.45, 2.75) is 39.2 Å². The Kier molecular flexibility index (Phi) is 5.44. The summed E-state index contributed by atoms with van der Waals surface area (Å²) < 4.78 is 0. The molecule has 0 bridgehead atoms. The van der Waals surface area contributed by atoms with Gasteiger partial charge in [-0.15, -0.1) is 5.10 Å². The Morgan fingerprint density at radius 2 is 2.11 bits per heavy atom. The second-order valence-corrected chi connectivity index (χ2v) is 5.57. The standard InChI is InChI=1S/C12H23N5O2/c1-8(18)7-13-5-6-14-10(19)9-15-11(17-16-9)12(2,3)4/h8,13,18H,5-7H2,1-4H3,(H,14,19)(H,15,16,17). The summed E-state index contributed by atoms with van der Waals surface area (Å²) in [4.78, 5) is 15.9. The molecule has 0 aliphatic rings. The van der Waals surface area contributed by atoms with E-state index < -0.39 is 6.10 Å². The van der Waals surface area contributed by atoms with Gasteiger partial charge in [0, 0.05) is 25.0 Å². The van der Waals surface area contributed by atoms with E-state index in [-0.39, 0.29) is 17.1 Å². The van der Waals surface area contributed by atoms with E-state index in [1.807, 2.05) is 20.8 Å². The highest BCUT2D eigenvalue weighted by Gasteiger charge is 2.20. The Hall–Kier alpha value is -1.47. The van der Waals surface area contributed by atoms with Gasteiger partial charge in [0.2, 0.25) is 5.82 Å². The molecule has 0 aliphatic heterocycles. The molecule has 1 aromatic rings. The highest BCUT2D eigenvalue weighted by Crippen LogP contribution is 2.17. The predicted octanol–water partition coefficient (Wildman–Crippen LogP) is -0.198. The summed E-state index contributed by atoms with van der Waals surface area (Å²) in [6, 6.07) is 0. The van der Waals surface area contributed by atoms with Gasteiger partial charge < -0.3 is 15.7 Å². The molecule has 0 aromatic carbocycles. The molecule has 1 atom stereocenters. The van der Waals surface area contributed by atoms with E-state index in [2.05, 4.69) is 25.8 Å². The molecule has 0 aliphatic carbocycles. The average molecular weight is 269 g/mol. The van der Waals surface area contributed by atoms with Crippen LogP contribution in [0.15, 0.2) is 0 Å². The van der Waals surface area contributed by atoms with Crippen molar-refractivity contribution in [3.05, 3.63) is 11.6 Å². The molecule has 0 fully saturated rings. The lowest BCUT2D eigenvalue weighted by molar-refractivity contribution is 0.0943. The molecule has 7 nitrogen and oxygen atoms in total. The van der Waals surface area contributed by atoms with Crippen molar-refractivity contribution in [2.75, 3.05) is 19.6 Å². The minimum Gasteiger partial charge on any atom is -0.392 e. The number of carbonyl (C=O) groups is 1. The normalized spacial score (nSPS) is 13.3. The van der Waals surface area contributed by atoms with Gasteiger partial charge in [0.25, 0.3) is 5.91 Å². The molecule has 1 heterocycles. The zero-order valence-corrected chi connectivity index (χ0v) is 11.9. The summed E-state index contributed by atoms with van der Waals surface area (Å²) in [7, 11) is 0. The van der Waals surface area contributed by atoms with E-state index in [9.17, 15) is 4.79 Å². The van der Waals surface area contributed by atoms with Crippen LogP contribution < -0.4 is 10.6 Å². The summed E-state index contributed by atoms with van der Waals surface area (Å²) in [5.41, 5.74) is -0.162. The van der Waals surface area contributed by atoms with Crippen molar-refractivity contribution >= 4 is 5.91 Å². The first-order valence-electron chi connectivity index (χ1n) is 6.40. The van der Waals surface area contributed by atoms with Crippen molar-refractivity contribution < 1.29 is 9.90 Å². The average Bonchev–Trinajstić information content (AvgIpc) is 2.76. The number of nitrogens with zero attached hydrogens (tertiary/aromatic N) is 2. The second kappa shape index (κ2) is 6.63. The summed E-state index contributed by atoms with van der Waals surface area (Å²) in [6.45, 7) is 9.25. The van der Waals surface area contributed by atoms with Crippen LogP contribution in [0.3, 0.4) is 0 Å². The van der Waals surface area contributed by atoms with E-state index in [4.69, 9.17) is 5.11 Å². The number of aliphatic hydroxyl groups is 1. The molecule has 7 heteroatoms. The number of aromatic nitrogens is 3. The van der Waals surface area contributed by atoms with E-state index in [0.29, 0.717) is 25.5 Å². The summed E-state index contributed by atoms with van der Waals surface area (Å²) in [5.74, 6) is 0.538. The number of hydrogen-bond donors (Lipinski definition) is 4. The van der Waals surface area contributed by atoms with Crippen LogP contribution in [-0.4, -0.2) is 51.9 Å². The first-order valence-corrected chi connectivity index (χ1v) is 6.40. The fourth-order valence-corrected chi connectivity index (χ4v) is 1.35. The number of hydrogen-bond acceptors (Lipinski definition) is 5. The number of carbonyl (C=O) groups excluding carboxylic acids is 1. The maximum Gasteiger partial charge on any atom is 0.291 e. The number of rotatable bonds is 6. The molecule has 1 unspecified atom stereocenters. The van der Waals surface area contributed by atoms with Crippen molar-refractivity contribution in [3.63, 3.8) is 0 Å². The molecule has 1 rings (SSSR count). The molecular formula is C12H23N5O2. The molecule has 4 N–H and O–H groups in total. The Bertz CT molecular complexity index is 408. The third-order valence-electron chi connectivity index (χ3n) is 2.43. The van der Waals surface area contributed by atoms with Gasteiger partial charge in [-0.1, -0.05) is 20.8 Å². The summed E-state index contributed by atoms with van der Waals surface area (Å²) in [5, 5.41) is 21.4. The minimum absolute atomic E-state index is 0.153. The number of aromatic amines is 1. The van der Waals surface area contributed by atoms with Crippen molar-refractivity contribution in [2.24, 2.45) is 0 Å². The molecule has 0 spiro atoms. The van der Waals surface area contributed by atoms with Crippen LogP contribution in [0.25, 0.3) is 0 Å².